The van der Waals surface area contributed by atoms with Crippen LogP contribution in [-0.4, -0.2) is 30.4 Å². The van der Waals surface area contributed by atoms with E-state index in [1.165, 1.54) is 25.9 Å². The van der Waals surface area contributed by atoms with Crippen molar-refractivity contribution in [2.75, 3.05) is 25.5 Å². The normalized spacial score (nSPS) is 10.7. The van der Waals surface area contributed by atoms with Gasteiger partial charge in [0.15, 0.2) is 0 Å². The zero-order valence-electron chi connectivity index (χ0n) is 6.36. The molecule has 0 heterocycles. The van der Waals surface area contributed by atoms with E-state index in [1.54, 1.807) is 0 Å². The first-order valence-corrected chi connectivity index (χ1v) is 4.68. The molecule has 0 aromatic carbocycles. The van der Waals surface area contributed by atoms with Crippen molar-refractivity contribution in [3.63, 3.8) is 0 Å². The average molecular weight is 194 g/mol. The summed E-state index contributed by atoms with van der Waals surface area (Å²) < 4.78 is 0. The Morgan fingerprint density at radius 1 is 1.33 bits per heavy atom. The van der Waals surface area contributed by atoms with Crippen molar-refractivity contribution in [3.05, 3.63) is 0 Å². The van der Waals surface area contributed by atoms with Crippen LogP contribution in [0.1, 0.15) is 19.8 Å². The summed E-state index contributed by atoms with van der Waals surface area (Å²) in [4.78, 5) is 2.36. The van der Waals surface area contributed by atoms with Crippen LogP contribution >= 0.6 is 15.9 Å². The molecule has 56 valence electrons. The summed E-state index contributed by atoms with van der Waals surface area (Å²) in [5, 5.41) is 1.13. The summed E-state index contributed by atoms with van der Waals surface area (Å²) in [6, 6.07) is 0. The number of alkyl halides is 1. The molecule has 0 aromatic rings. The topological polar surface area (TPSA) is 3.24 Å². The van der Waals surface area contributed by atoms with Crippen LogP contribution in [0.2, 0.25) is 0 Å². The van der Waals surface area contributed by atoms with E-state index in [0.717, 1.165) is 5.33 Å². The van der Waals surface area contributed by atoms with Gasteiger partial charge in [-0.25, -0.2) is 0 Å². The maximum atomic E-state index is 3.40. The molecule has 0 rings (SSSR count). The number of halogens is 1. The number of hydrogen-bond acceptors (Lipinski definition) is 1. The largest absolute Gasteiger partial charge is 0.306 e. The lowest BCUT2D eigenvalue weighted by atomic mass is 10.4. The van der Waals surface area contributed by atoms with Gasteiger partial charge in [-0.2, -0.15) is 0 Å². The molecule has 2 heteroatoms. The third kappa shape index (κ3) is 6.32. The van der Waals surface area contributed by atoms with E-state index in [2.05, 4.69) is 34.8 Å². The minimum atomic E-state index is 1.13. The van der Waals surface area contributed by atoms with Crippen molar-refractivity contribution < 1.29 is 0 Å². The maximum absolute atomic E-state index is 3.40. The first-order chi connectivity index (χ1) is 4.31. The monoisotopic (exact) mass is 193 g/mol. The molecule has 0 bridgehead atoms. The Labute approximate surface area is 66.6 Å². The van der Waals surface area contributed by atoms with Gasteiger partial charge in [0.2, 0.25) is 0 Å². The summed E-state index contributed by atoms with van der Waals surface area (Å²) in [5.74, 6) is 0. The molecule has 0 spiro atoms. The van der Waals surface area contributed by atoms with Gasteiger partial charge in [0.05, 0.1) is 0 Å². The molecule has 0 atom stereocenters. The van der Waals surface area contributed by atoms with E-state index in [9.17, 15) is 0 Å². The zero-order chi connectivity index (χ0) is 7.11. The van der Waals surface area contributed by atoms with E-state index in [1.807, 2.05) is 0 Å². The highest BCUT2D eigenvalue weighted by atomic mass is 79.9. The second-order valence-electron chi connectivity index (χ2n) is 2.35. The van der Waals surface area contributed by atoms with Crippen LogP contribution < -0.4 is 0 Å². The minimum Gasteiger partial charge on any atom is -0.306 e. The molecule has 0 aliphatic carbocycles. The number of hydrogen-bond donors (Lipinski definition) is 0. The quantitative estimate of drug-likeness (QED) is 0.606. The Balaban J connectivity index is 2.95. The molecular weight excluding hydrogens is 178 g/mol. The van der Waals surface area contributed by atoms with Crippen LogP contribution in [0.25, 0.3) is 0 Å². The van der Waals surface area contributed by atoms with Gasteiger partial charge in [0, 0.05) is 5.33 Å². The highest BCUT2D eigenvalue weighted by Crippen LogP contribution is 1.92. The van der Waals surface area contributed by atoms with Gasteiger partial charge < -0.3 is 4.90 Å². The Bertz CT molecular complexity index is 56.9. The highest BCUT2D eigenvalue weighted by molar-refractivity contribution is 9.09. The standard InChI is InChI=1S/C7H16BrN/c1-3-6-9(2)7-4-5-8/h3-7H2,1-2H3. The van der Waals surface area contributed by atoms with E-state index < -0.39 is 0 Å². The predicted molar refractivity (Wildman–Crippen MR) is 46.2 cm³/mol. The van der Waals surface area contributed by atoms with Crippen LogP contribution in [0.5, 0.6) is 0 Å². The number of rotatable bonds is 5. The lowest BCUT2D eigenvalue weighted by Gasteiger charge is -2.13. The van der Waals surface area contributed by atoms with Crippen LogP contribution in [0.3, 0.4) is 0 Å². The van der Waals surface area contributed by atoms with Crippen LogP contribution in [0, 0.1) is 0 Å². The number of nitrogens with zero attached hydrogens (tertiary/aromatic N) is 1. The van der Waals surface area contributed by atoms with E-state index in [4.69, 9.17) is 0 Å². The van der Waals surface area contributed by atoms with Crippen LogP contribution in [-0.2, 0) is 0 Å². The van der Waals surface area contributed by atoms with Crippen molar-refractivity contribution in [2.24, 2.45) is 0 Å². The summed E-state index contributed by atoms with van der Waals surface area (Å²) >= 11 is 3.40. The molecule has 9 heavy (non-hydrogen) atoms. The fraction of sp³-hybridized carbons (Fsp3) is 1.00. The van der Waals surface area contributed by atoms with Gasteiger partial charge in [0.1, 0.15) is 0 Å². The van der Waals surface area contributed by atoms with E-state index in [-0.39, 0.29) is 0 Å². The smallest absolute Gasteiger partial charge is 0.00434 e. The first-order valence-electron chi connectivity index (χ1n) is 3.55. The lowest BCUT2D eigenvalue weighted by molar-refractivity contribution is 0.337. The molecule has 0 fully saturated rings. The Hall–Kier alpha value is 0.440. The third-order valence-electron chi connectivity index (χ3n) is 1.28. The molecule has 0 amide bonds. The van der Waals surface area contributed by atoms with Crippen molar-refractivity contribution in [1.82, 2.24) is 4.90 Å². The summed E-state index contributed by atoms with van der Waals surface area (Å²) in [7, 11) is 2.17. The molecular formula is C7H16BrN. The fourth-order valence-electron chi connectivity index (χ4n) is 0.823. The van der Waals surface area contributed by atoms with Gasteiger partial charge in [-0.3, -0.25) is 0 Å². The van der Waals surface area contributed by atoms with Gasteiger partial charge >= 0.3 is 0 Å². The molecule has 0 saturated heterocycles. The Morgan fingerprint density at radius 3 is 2.44 bits per heavy atom. The molecule has 0 radical (unpaired) electrons. The molecule has 0 aromatic heterocycles. The molecule has 1 nitrogen and oxygen atoms in total. The van der Waals surface area contributed by atoms with Gasteiger partial charge in [-0.15, -0.1) is 0 Å². The Kier molecular flexibility index (Phi) is 6.88. The van der Waals surface area contributed by atoms with Crippen molar-refractivity contribution >= 4 is 15.9 Å². The second kappa shape index (κ2) is 6.56. The van der Waals surface area contributed by atoms with E-state index >= 15 is 0 Å². The van der Waals surface area contributed by atoms with Crippen molar-refractivity contribution in [3.8, 4) is 0 Å². The predicted octanol–water partition coefficient (Wildman–Crippen LogP) is 2.11. The maximum Gasteiger partial charge on any atom is 0.00434 e. The van der Waals surface area contributed by atoms with Crippen LogP contribution in [0.4, 0.5) is 0 Å². The summed E-state index contributed by atoms with van der Waals surface area (Å²) in [6.45, 7) is 4.66. The SMILES string of the molecule is CCCN(C)CCCBr. The Morgan fingerprint density at radius 2 is 2.00 bits per heavy atom. The first kappa shape index (κ1) is 9.44. The van der Waals surface area contributed by atoms with Gasteiger partial charge in [-0.1, -0.05) is 22.9 Å². The van der Waals surface area contributed by atoms with E-state index in [0.29, 0.717) is 0 Å². The third-order valence-corrected chi connectivity index (χ3v) is 1.84. The summed E-state index contributed by atoms with van der Waals surface area (Å²) in [5.41, 5.74) is 0. The molecule has 0 aliphatic heterocycles. The van der Waals surface area contributed by atoms with Crippen LogP contribution in [0.15, 0.2) is 0 Å². The second-order valence-corrected chi connectivity index (χ2v) is 3.14. The average Bonchev–Trinajstić information content (AvgIpc) is 1.85. The fourth-order valence-corrected chi connectivity index (χ4v) is 1.07. The zero-order valence-corrected chi connectivity index (χ0v) is 7.95. The van der Waals surface area contributed by atoms with Crippen molar-refractivity contribution in [2.45, 2.75) is 19.8 Å². The molecule has 0 saturated carbocycles. The lowest BCUT2D eigenvalue weighted by Crippen LogP contribution is -2.20. The molecule has 0 N–H and O–H groups in total. The summed E-state index contributed by atoms with van der Waals surface area (Å²) in [6.07, 6.45) is 2.52. The molecule has 0 unspecified atom stereocenters. The van der Waals surface area contributed by atoms with Gasteiger partial charge in [-0.05, 0) is 33.0 Å². The van der Waals surface area contributed by atoms with Crippen molar-refractivity contribution in [1.29, 1.82) is 0 Å². The highest BCUT2D eigenvalue weighted by Gasteiger charge is 1.92. The minimum absolute atomic E-state index is 1.13. The van der Waals surface area contributed by atoms with Gasteiger partial charge in [0.25, 0.3) is 0 Å². The molecule has 0 aliphatic rings.